The van der Waals surface area contributed by atoms with E-state index in [1.54, 1.807) is 0 Å². The predicted octanol–water partition coefficient (Wildman–Crippen LogP) is 4.57. The van der Waals surface area contributed by atoms with E-state index in [1.165, 1.54) is 0 Å². The molecule has 0 aliphatic rings. The van der Waals surface area contributed by atoms with Crippen LogP contribution in [-0.4, -0.2) is 14.9 Å². The van der Waals surface area contributed by atoms with Gasteiger partial charge in [0.2, 0.25) is 5.13 Å². The van der Waals surface area contributed by atoms with E-state index in [0.29, 0.717) is 11.2 Å². The van der Waals surface area contributed by atoms with Crippen LogP contribution in [0.2, 0.25) is 0 Å². The molecule has 8 heteroatoms. The fraction of sp³-hybridized carbons (Fsp3) is 0.385. The predicted molar refractivity (Wildman–Crippen MR) is 73.7 cm³/mol. The molecule has 0 saturated heterocycles. The summed E-state index contributed by atoms with van der Waals surface area (Å²) >= 11 is 0.934. The summed E-state index contributed by atoms with van der Waals surface area (Å²) in [6.45, 7) is 5.66. The number of hydrogen-bond donors (Lipinski definition) is 1. The van der Waals surface area contributed by atoms with Gasteiger partial charge in [-0.25, -0.2) is 4.39 Å². The van der Waals surface area contributed by atoms with Crippen LogP contribution in [0.5, 0.6) is 0 Å². The van der Waals surface area contributed by atoms with Gasteiger partial charge in [-0.15, -0.1) is 0 Å². The molecule has 0 fully saturated rings. The number of halogens is 4. The zero-order valence-corrected chi connectivity index (χ0v) is 12.4. The zero-order valence-electron chi connectivity index (χ0n) is 11.5. The third kappa shape index (κ3) is 3.90. The standard InChI is InChI=1S/C13H13F4N3S/c1-12(2,3)19-11-18-10(20-21-11)8-6-7(14)4-5-9(8)13(15,16)17/h4-6H,1-3H3,(H,18,19,20). The van der Waals surface area contributed by atoms with E-state index in [4.69, 9.17) is 0 Å². The second kappa shape index (κ2) is 5.25. The van der Waals surface area contributed by atoms with Gasteiger partial charge < -0.3 is 5.32 Å². The SMILES string of the molecule is CC(C)(C)Nc1nc(-c2cc(F)ccc2C(F)(F)F)ns1. The molecule has 1 heterocycles. The molecular weight excluding hydrogens is 306 g/mol. The van der Waals surface area contributed by atoms with Crippen LogP contribution in [0.4, 0.5) is 22.7 Å². The van der Waals surface area contributed by atoms with Crippen molar-refractivity contribution < 1.29 is 17.6 Å². The van der Waals surface area contributed by atoms with Crippen LogP contribution in [0.15, 0.2) is 18.2 Å². The van der Waals surface area contributed by atoms with Crippen molar-refractivity contribution in [1.29, 1.82) is 0 Å². The summed E-state index contributed by atoms with van der Waals surface area (Å²) in [6, 6.07) is 2.27. The van der Waals surface area contributed by atoms with Crippen molar-refractivity contribution in [3.63, 3.8) is 0 Å². The van der Waals surface area contributed by atoms with Crippen LogP contribution in [-0.2, 0) is 6.18 Å². The summed E-state index contributed by atoms with van der Waals surface area (Å²) in [4.78, 5) is 4.01. The van der Waals surface area contributed by atoms with E-state index in [-0.39, 0.29) is 16.9 Å². The van der Waals surface area contributed by atoms with E-state index < -0.39 is 17.6 Å². The number of nitrogens with zero attached hydrogens (tertiary/aromatic N) is 2. The third-order valence-electron chi connectivity index (χ3n) is 2.44. The van der Waals surface area contributed by atoms with Crippen molar-refractivity contribution in [2.45, 2.75) is 32.5 Å². The monoisotopic (exact) mass is 319 g/mol. The third-order valence-corrected chi connectivity index (χ3v) is 3.07. The van der Waals surface area contributed by atoms with Gasteiger partial charge in [0.25, 0.3) is 0 Å². The minimum absolute atomic E-state index is 0.140. The molecule has 0 amide bonds. The molecule has 3 nitrogen and oxygen atoms in total. The number of aromatic nitrogens is 2. The van der Waals surface area contributed by atoms with Gasteiger partial charge in [-0.3, -0.25) is 0 Å². The number of nitrogens with one attached hydrogen (secondary N) is 1. The molecule has 0 atom stereocenters. The maximum absolute atomic E-state index is 13.3. The Morgan fingerprint density at radius 1 is 1.14 bits per heavy atom. The van der Waals surface area contributed by atoms with Gasteiger partial charge in [0.1, 0.15) is 5.82 Å². The highest BCUT2D eigenvalue weighted by Crippen LogP contribution is 2.37. The molecule has 0 unspecified atom stereocenters. The van der Waals surface area contributed by atoms with Crippen molar-refractivity contribution >= 4 is 16.7 Å². The number of rotatable bonds is 2. The van der Waals surface area contributed by atoms with Crippen LogP contribution in [0.3, 0.4) is 0 Å². The van der Waals surface area contributed by atoms with E-state index in [0.717, 1.165) is 23.7 Å². The molecule has 1 N–H and O–H groups in total. The first-order chi connectivity index (χ1) is 9.56. The lowest BCUT2D eigenvalue weighted by Crippen LogP contribution is -2.25. The summed E-state index contributed by atoms with van der Waals surface area (Å²) < 4.78 is 56.0. The Morgan fingerprint density at radius 2 is 1.81 bits per heavy atom. The Labute approximate surface area is 123 Å². The van der Waals surface area contributed by atoms with Crippen molar-refractivity contribution in [3.8, 4) is 11.4 Å². The fourth-order valence-corrected chi connectivity index (χ4v) is 2.44. The largest absolute Gasteiger partial charge is 0.417 e. The molecule has 0 saturated carbocycles. The van der Waals surface area contributed by atoms with E-state index >= 15 is 0 Å². The maximum atomic E-state index is 13.3. The normalized spacial score (nSPS) is 12.5. The molecule has 1 aromatic carbocycles. The summed E-state index contributed by atoms with van der Waals surface area (Å²) in [6.07, 6.45) is -4.59. The molecule has 0 aliphatic carbocycles. The van der Waals surface area contributed by atoms with Gasteiger partial charge in [0.15, 0.2) is 5.82 Å². The average molecular weight is 319 g/mol. The van der Waals surface area contributed by atoms with Gasteiger partial charge in [-0.1, -0.05) is 0 Å². The number of benzene rings is 1. The minimum Gasteiger partial charge on any atom is -0.356 e. The van der Waals surface area contributed by atoms with Gasteiger partial charge >= 0.3 is 6.18 Å². The number of hydrogen-bond acceptors (Lipinski definition) is 4. The Bertz CT molecular complexity index is 644. The second-order valence-corrected chi connectivity index (χ2v) is 6.24. The Kier molecular flexibility index (Phi) is 3.92. The molecule has 0 radical (unpaired) electrons. The van der Waals surface area contributed by atoms with Crippen molar-refractivity contribution in [2.24, 2.45) is 0 Å². The molecule has 21 heavy (non-hydrogen) atoms. The second-order valence-electron chi connectivity index (χ2n) is 5.49. The van der Waals surface area contributed by atoms with Gasteiger partial charge in [0.05, 0.1) is 5.56 Å². The lowest BCUT2D eigenvalue weighted by molar-refractivity contribution is -0.137. The molecule has 1 aromatic heterocycles. The summed E-state index contributed by atoms with van der Waals surface area (Å²) in [7, 11) is 0. The van der Waals surface area contributed by atoms with E-state index in [1.807, 2.05) is 20.8 Å². The van der Waals surface area contributed by atoms with Crippen LogP contribution in [0.1, 0.15) is 26.3 Å². The van der Waals surface area contributed by atoms with Crippen LogP contribution in [0.25, 0.3) is 11.4 Å². The van der Waals surface area contributed by atoms with Crippen LogP contribution >= 0.6 is 11.5 Å². The first kappa shape index (κ1) is 15.7. The Balaban J connectivity index is 2.45. The quantitative estimate of drug-likeness (QED) is 0.824. The zero-order chi connectivity index (χ0) is 15.8. The molecule has 0 spiro atoms. The summed E-state index contributed by atoms with van der Waals surface area (Å²) in [5.41, 5.74) is -1.62. The Hall–Kier alpha value is -1.70. The van der Waals surface area contributed by atoms with E-state index in [2.05, 4.69) is 14.7 Å². The first-order valence-electron chi connectivity index (χ1n) is 6.05. The van der Waals surface area contributed by atoms with Crippen molar-refractivity contribution in [2.75, 3.05) is 5.32 Å². The average Bonchev–Trinajstić information content (AvgIpc) is 2.73. The molecule has 2 aromatic rings. The summed E-state index contributed by atoms with van der Waals surface area (Å²) in [5, 5.41) is 3.40. The number of anilines is 1. The molecular formula is C13H13F4N3S. The smallest absolute Gasteiger partial charge is 0.356 e. The molecule has 0 bridgehead atoms. The first-order valence-corrected chi connectivity index (χ1v) is 6.82. The number of alkyl halides is 3. The van der Waals surface area contributed by atoms with Crippen LogP contribution < -0.4 is 5.32 Å². The van der Waals surface area contributed by atoms with E-state index in [9.17, 15) is 17.6 Å². The molecule has 0 aliphatic heterocycles. The Morgan fingerprint density at radius 3 is 2.38 bits per heavy atom. The lowest BCUT2D eigenvalue weighted by Gasteiger charge is -2.18. The van der Waals surface area contributed by atoms with Crippen molar-refractivity contribution in [1.82, 2.24) is 9.36 Å². The highest BCUT2D eigenvalue weighted by Gasteiger charge is 2.35. The molecule has 2 rings (SSSR count). The minimum atomic E-state index is -4.59. The fourth-order valence-electron chi connectivity index (χ4n) is 1.65. The summed E-state index contributed by atoms with van der Waals surface area (Å²) in [5.74, 6) is -0.906. The van der Waals surface area contributed by atoms with Crippen molar-refractivity contribution in [3.05, 3.63) is 29.6 Å². The van der Waals surface area contributed by atoms with Gasteiger partial charge in [-0.05, 0) is 39.0 Å². The topological polar surface area (TPSA) is 37.8 Å². The van der Waals surface area contributed by atoms with Gasteiger partial charge in [0, 0.05) is 22.6 Å². The maximum Gasteiger partial charge on any atom is 0.417 e. The highest BCUT2D eigenvalue weighted by atomic mass is 32.1. The lowest BCUT2D eigenvalue weighted by atomic mass is 10.1. The highest BCUT2D eigenvalue weighted by molar-refractivity contribution is 7.09. The molecule has 114 valence electrons. The van der Waals surface area contributed by atoms with Gasteiger partial charge in [-0.2, -0.15) is 22.5 Å². The van der Waals surface area contributed by atoms with Crippen LogP contribution in [0, 0.1) is 5.82 Å².